The van der Waals surface area contributed by atoms with Crippen molar-refractivity contribution in [1.82, 2.24) is 9.80 Å². The molecule has 2 N–H and O–H groups in total. The van der Waals surface area contributed by atoms with Gasteiger partial charge in [-0.05, 0) is 74.7 Å². The molecule has 2 aromatic carbocycles. The van der Waals surface area contributed by atoms with Gasteiger partial charge in [0.1, 0.15) is 0 Å². The Morgan fingerprint density at radius 1 is 0.861 bits per heavy atom. The molecule has 2 aliphatic rings. The molecule has 8 nitrogen and oxygen atoms in total. The van der Waals surface area contributed by atoms with Crippen molar-refractivity contribution in [1.29, 1.82) is 0 Å². The monoisotopic (exact) mass is 515 g/mol. The lowest BCUT2D eigenvalue weighted by molar-refractivity contribution is -0.159. The van der Waals surface area contributed by atoms with Crippen molar-refractivity contribution >= 4 is 35.1 Å². The van der Waals surface area contributed by atoms with Crippen LogP contribution in [0.25, 0.3) is 0 Å². The molecule has 0 unspecified atom stereocenters. The third-order valence-corrected chi connectivity index (χ3v) is 7.20. The molecule has 36 heavy (non-hydrogen) atoms. The van der Waals surface area contributed by atoms with Crippen LogP contribution in [0.15, 0.2) is 42.5 Å². The number of aryl methyl sites for hydroxylation is 1. The van der Waals surface area contributed by atoms with Gasteiger partial charge in [0.15, 0.2) is 0 Å². The largest absolute Gasteiger partial charge is 0.473 e. The minimum atomic E-state index is -1.82. The molecule has 0 aromatic heterocycles. The lowest BCUT2D eigenvalue weighted by Crippen LogP contribution is -2.51. The number of anilines is 1. The molecule has 2 saturated heterocycles. The Morgan fingerprint density at radius 3 is 2.00 bits per heavy atom. The second-order valence-electron chi connectivity index (χ2n) is 9.32. The number of hydrogen-bond donors (Lipinski definition) is 2. The maximum absolute atomic E-state index is 13.1. The van der Waals surface area contributed by atoms with Crippen LogP contribution in [-0.2, 0) is 20.9 Å². The highest BCUT2D eigenvalue weighted by Gasteiger charge is 2.30. The number of carboxylic acids is 2. The molecule has 0 radical (unpaired) electrons. The molecule has 2 heterocycles. The lowest BCUT2D eigenvalue weighted by atomic mass is 9.94. The van der Waals surface area contributed by atoms with Crippen molar-refractivity contribution in [3.8, 4) is 0 Å². The number of benzene rings is 2. The van der Waals surface area contributed by atoms with E-state index in [9.17, 15) is 4.79 Å². The van der Waals surface area contributed by atoms with Crippen molar-refractivity contribution in [2.75, 3.05) is 44.2 Å². The fourth-order valence-corrected chi connectivity index (χ4v) is 4.82. The minimum absolute atomic E-state index is 0.179. The van der Waals surface area contributed by atoms with E-state index >= 15 is 0 Å². The quantitative estimate of drug-likeness (QED) is 0.599. The number of piperidine rings is 1. The van der Waals surface area contributed by atoms with Crippen molar-refractivity contribution in [3.05, 3.63) is 64.2 Å². The van der Waals surface area contributed by atoms with E-state index in [0.717, 1.165) is 63.7 Å². The summed E-state index contributed by atoms with van der Waals surface area (Å²) in [6.07, 6.45) is 1.92. The van der Waals surface area contributed by atoms with Gasteiger partial charge in [0.05, 0.1) is 0 Å². The number of piperazine rings is 1. The standard InChI is InChI=1S/C25H32ClN3O.C2H2O4/c1-19-4-3-5-24(20(19)2)28-14-16-29(17-15-28)25(30)22-10-12-27(13-11-22)18-21-6-8-23(26)9-7-21;3-1(4)2(5)6/h3-9,22H,10-18H2,1-2H3;(H,3,4)(H,5,6). The van der Waals surface area contributed by atoms with Gasteiger partial charge >= 0.3 is 11.9 Å². The SMILES string of the molecule is Cc1cccc(N2CCN(C(=O)C3CCN(Cc4ccc(Cl)cc4)CC3)CC2)c1C.O=C(O)C(=O)O. The predicted octanol–water partition coefficient (Wildman–Crippen LogP) is 3.67. The van der Waals surface area contributed by atoms with Crippen LogP contribution < -0.4 is 4.90 Å². The fourth-order valence-electron chi connectivity index (χ4n) is 4.69. The topological polar surface area (TPSA) is 101 Å². The Kier molecular flexibility index (Phi) is 9.73. The van der Waals surface area contributed by atoms with Crippen LogP contribution in [0, 0.1) is 19.8 Å². The molecular weight excluding hydrogens is 482 g/mol. The van der Waals surface area contributed by atoms with Crippen molar-refractivity contribution in [2.24, 2.45) is 5.92 Å². The number of rotatable bonds is 4. The zero-order chi connectivity index (χ0) is 26.2. The summed E-state index contributed by atoms with van der Waals surface area (Å²) in [6, 6.07) is 14.6. The van der Waals surface area contributed by atoms with Gasteiger partial charge in [-0.3, -0.25) is 9.69 Å². The van der Waals surface area contributed by atoms with Gasteiger partial charge in [-0.25, -0.2) is 9.59 Å². The highest BCUT2D eigenvalue weighted by atomic mass is 35.5. The van der Waals surface area contributed by atoms with Crippen LogP contribution in [0.4, 0.5) is 5.69 Å². The normalized spacial score (nSPS) is 16.8. The molecule has 0 aliphatic carbocycles. The second-order valence-corrected chi connectivity index (χ2v) is 9.75. The predicted molar refractivity (Wildman–Crippen MR) is 139 cm³/mol. The average molecular weight is 516 g/mol. The molecule has 2 fully saturated rings. The summed E-state index contributed by atoms with van der Waals surface area (Å²) >= 11 is 5.98. The number of carbonyl (C=O) groups excluding carboxylic acids is 1. The molecular formula is C27H34ClN3O5. The molecule has 1 amide bonds. The van der Waals surface area contributed by atoms with Gasteiger partial charge in [0, 0.05) is 49.4 Å². The van der Waals surface area contributed by atoms with Crippen LogP contribution in [0.3, 0.4) is 0 Å². The van der Waals surface area contributed by atoms with Gasteiger partial charge in [0.25, 0.3) is 0 Å². The van der Waals surface area contributed by atoms with E-state index in [-0.39, 0.29) is 5.92 Å². The lowest BCUT2D eigenvalue weighted by Gasteiger charge is -2.40. The van der Waals surface area contributed by atoms with Crippen LogP contribution in [0.5, 0.6) is 0 Å². The number of hydrogen-bond acceptors (Lipinski definition) is 5. The average Bonchev–Trinajstić information content (AvgIpc) is 2.87. The third kappa shape index (κ3) is 7.45. The Bertz CT molecular complexity index is 1050. The van der Waals surface area contributed by atoms with E-state index in [1.807, 2.05) is 12.1 Å². The summed E-state index contributed by atoms with van der Waals surface area (Å²) in [7, 11) is 0. The molecule has 0 saturated carbocycles. The number of carbonyl (C=O) groups is 3. The number of nitrogens with zero attached hydrogens (tertiary/aromatic N) is 3. The Labute approximate surface area is 217 Å². The summed E-state index contributed by atoms with van der Waals surface area (Å²) in [5, 5.41) is 15.6. The summed E-state index contributed by atoms with van der Waals surface area (Å²) in [6.45, 7) is 10.8. The molecule has 9 heteroatoms. The first-order valence-corrected chi connectivity index (χ1v) is 12.6. The van der Waals surface area contributed by atoms with Gasteiger partial charge < -0.3 is 20.0 Å². The van der Waals surface area contributed by atoms with Crippen LogP contribution >= 0.6 is 11.6 Å². The Hall–Kier alpha value is -3.10. The maximum atomic E-state index is 13.1. The first-order chi connectivity index (χ1) is 17.2. The van der Waals surface area contributed by atoms with E-state index in [0.29, 0.717) is 5.91 Å². The second kappa shape index (κ2) is 12.7. The number of aliphatic carboxylic acids is 2. The van der Waals surface area contributed by atoms with Gasteiger partial charge in [0.2, 0.25) is 5.91 Å². The molecule has 2 aromatic rings. The Balaban J connectivity index is 0.000000538. The smallest absolute Gasteiger partial charge is 0.414 e. The number of likely N-dealkylation sites (tertiary alicyclic amines) is 1. The van der Waals surface area contributed by atoms with E-state index in [1.54, 1.807) is 0 Å². The number of amides is 1. The molecule has 0 bridgehead atoms. The number of carboxylic acid groups (broad SMARTS) is 2. The van der Waals surface area contributed by atoms with Crippen LogP contribution in [0.2, 0.25) is 5.02 Å². The van der Waals surface area contributed by atoms with E-state index in [2.05, 4.69) is 58.9 Å². The summed E-state index contributed by atoms with van der Waals surface area (Å²) in [5.41, 5.74) is 5.28. The highest BCUT2D eigenvalue weighted by Crippen LogP contribution is 2.26. The highest BCUT2D eigenvalue weighted by molar-refractivity contribution is 6.30. The van der Waals surface area contributed by atoms with Gasteiger partial charge in [-0.15, -0.1) is 0 Å². The van der Waals surface area contributed by atoms with E-state index < -0.39 is 11.9 Å². The molecule has 0 spiro atoms. The molecule has 2 aliphatic heterocycles. The summed E-state index contributed by atoms with van der Waals surface area (Å²) < 4.78 is 0. The third-order valence-electron chi connectivity index (χ3n) is 6.95. The van der Waals surface area contributed by atoms with Gasteiger partial charge in [-0.1, -0.05) is 35.9 Å². The number of halogens is 1. The zero-order valence-corrected chi connectivity index (χ0v) is 21.6. The molecule has 0 atom stereocenters. The summed E-state index contributed by atoms with van der Waals surface area (Å²) in [5.74, 6) is -3.11. The minimum Gasteiger partial charge on any atom is -0.473 e. The fraction of sp³-hybridized carbons (Fsp3) is 0.444. The van der Waals surface area contributed by atoms with Crippen molar-refractivity contribution in [3.63, 3.8) is 0 Å². The van der Waals surface area contributed by atoms with E-state index in [1.165, 1.54) is 22.4 Å². The summed E-state index contributed by atoms with van der Waals surface area (Å²) in [4.78, 5) is 38.3. The molecule has 4 rings (SSSR count). The maximum Gasteiger partial charge on any atom is 0.414 e. The van der Waals surface area contributed by atoms with Crippen LogP contribution in [0.1, 0.15) is 29.5 Å². The first-order valence-electron chi connectivity index (χ1n) is 12.2. The Morgan fingerprint density at radius 2 is 1.44 bits per heavy atom. The van der Waals surface area contributed by atoms with Crippen molar-refractivity contribution < 1.29 is 24.6 Å². The first kappa shape index (κ1) is 27.5. The van der Waals surface area contributed by atoms with Gasteiger partial charge in [-0.2, -0.15) is 0 Å². The van der Waals surface area contributed by atoms with Crippen LogP contribution in [-0.4, -0.2) is 77.1 Å². The van der Waals surface area contributed by atoms with Crippen molar-refractivity contribution in [2.45, 2.75) is 33.2 Å². The molecule has 194 valence electrons. The zero-order valence-electron chi connectivity index (χ0n) is 20.8. The van der Waals surface area contributed by atoms with E-state index in [4.69, 9.17) is 31.4 Å².